The summed E-state index contributed by atoms with van der Waals surface area (Å²) in [6.45, 7) is 7.96. The molecule has 72 heavy (non-hydrogen) atoms. The molecule has 5 heterocycles. The molecule has 1 aliphatic rings. The maximum absolute atomic E-state index is 11.6. The molecule has 1 fully saturated rings. The normalized spacial score (nSPS) is 13.2. The SMILES string of the molecule is CC1(C)OB(c2cccc(C(N)=O)c2)OC1(C)C.COc1cc(Nc2nc(-c3cccc(C(N)=O)c3)nc3scnc23)cc(OC)c1OC.COc1cc(Nc2nc(Cl)nc3scnc23)cc(OC)c1OC. The van der Waals surface area contributed by atoms with Crippen LogP contribution in [0.15, 0.2) is 83.8 Å². The lowest BCUT2D eigenvalue weighted by molar-refractivity contribution is 0.00578. The topological polar surface area (TPSA) is 261 Å². The van der Waals surface area contributed by atoms with Gasteiger partial charge in [-0.05, 0) is 69.0 Å². The second kappa shape index (κ2) is 22.2. The van der Waals surface area contributed by atoms with Crippen molar-refractivity contribution in [1.82, 2.24) is 29.9 Å². The molecule has 6 N–H and O–H groups in total. The van der Waals surface area contributed by atoms with Crippen molar-refractivity contribution in [2.45, 2.75) is 38.9 Å². The van der Waals surface area contributed by atoms with Crippen LogP contribution in [-0.4, -0.2) is 103 Å². The number of ether oxygens (including phenoxy) is 6. The molecule has 20 nitrogen and oxygen atoms in total. The Morgan fingerprint density at radius 1 is 0.597 bits per heavy atom. The molecule has 0 saturated carbocycles. The Balaban J connectivity index is 0.000000165. The number of hydrogen-bond acceptors (Lipinski definition) is 20. The summed E-state index contributed by atoms with van der Waals surface area (Å²) in [5.41, 5.74) is 18.2. The van der Waals surface area contributed by atoms with E-state index in [4.69, 9.17) is 60.8 Å². The lowest BCUT2D eigenvalue weighted by Gasteiger charge is -2.32. The first-order valence-electron chi connectivity index (χ1n) is 21.6. The first kappa shape index (κ1) is 52.3. The Bertz CT molecular complexity index is 3200. The van der Waals surface area contributed by atoms with E-state index in [1.165, 1.54) is 22.7 Å². The summed E-state index contributed by atoms with van der Waals surface area (Å²) in [6, 6.07) is 21.0. The summed E-state index contributed by atoms with van der Waals surface area (Å²) >= 11 is 8.74. The quantitative estimate of drug-likeness (QED) is 0.0590. The molecule has 0 spiro atoms. The number of methoxy groups -OCH3 is 6. The highest BCUT2D eigenvalue weighted by atomic mass is 35.5. The molecule has 0 radical (unpaired) electrons. The van der Waals surface area contributed by atoms with E-state index >= 15 is 0 Å². The van der Waals surface area contributed by atoms with E-state index in [-0.39, 0.29) is 16.5 Å². The number of rotatable bonds is 14. The Morgan fingerprint density at radius 3 is 1.50 bits per heavy atom. The molecular weight excluding hydrogens is 987 g/mol. The van der Waals surface area contributed by atoms with Crippen LogP contribution in [0, 0.1) is 0 Å². The smallest absolute Gasteiger partial charge is 0.493 e. The van der Waals surface area contributed by atoms with E-state index in [1.54, 1.807) is 114 Å². The molecule has 8 aromatic rings. The zero-order valence-electron chi connectivity index (χ0n) is 40.8. The number of thiazole rings is 2. The van der Waals surface area contributed by atoms with Crippen molar-refractivity contribution < 1.29 is 47.3 Å². The van der Waals surface area contributed by atoms with E-state index in [2.05, 4.69) is 40.5 Å². The number of nitrogens with zero attached hydrogens (tertiary/aromatic N) is 6. The highest BCUT2D eigenvalue weighted by Crippen LogP contribution is 2.43. The van der Waals surface area contributed by atoms with Gasteiger partial charge in [0, 0.05) is 52.3 Å². The lowest BCUT2D eigenvalue weighted by atomic mass is 9.78. The van der Waals surface area contributed by atoms with Gasteiger partial charge in [0.2, 0.25) is 28.6 Å². The van der Waals surface area contributed by atoms with Gasteiger partial charge in [-0.3, -0.25) is 9.59 Å². The van der Waals surface area contributed by atoms with Crippen LogP contribution in [0.3, 0.4) is 0 Å². The minimum Gasteiger partial charge on any atom is -0.493 e. The fourth-order valence-electron chi connectivity index (χ4n) is 7.01. The zero-order valence-corrected chi connectivity index (χ0v) is 43.2. The number of nitrogens with one attached hydrogen (secondary N) is 2. The number of carbonyl (C=O) groups excluding carboxylic acids is 2. The number of anilines is 4. The summed E-state index contributed by atoms with van der Waals surface area (Å²) in [5.74, 6) is 3.55. The van der Waals surface area contributed by atoms with Gasteiger partial charge in [-0.15, -0.1) is 22.7 Å². The van der Waals surface area contributed by atoms with E-state index in [0.717, 1.165) is 5.46 Å². The molecule has 4 aromatic heterocycles. The van der Waals surface area contributed by atoms with Crippen LogP contribution in [0.2, 0.25) is 5.28 Å². The largest absolute Gasteiger partial charge is 0.494 e. The third-order valence-electron chi connectivity index (χ3n) is 11.3. The van der Waals surface area contributed by atoms with Crippen molar-refractivity contribution in [3.63, 3.8) is 0 Å². The number of nitrogens with two attached hydrogens (primary N) is 2. The summed E-state index contributed by atoms with van der Waals surface area (Å²) in [7, 11) is 8.85. The molecule has 0 bridgehead atoms. The van der Waals surface area contributed by atoms with E-state index in [9.17, 15) is 9.59 Å². The molecular formula is C48H50BClN10O10S2. The highest BCUT2D eigenvalue weighted by molar-refractivity contribution is 7.16. The van der Waals surface area contributed by atoms with Crippen molar-refractivity contribution >= 4 is 102 Å². The molecule has 24 heteroatoms. The van der Waals surface area contributed by atoms with Crippen molar-refractivity contribution in [3.05, 3.63) is 100 Å². The van der Waals surface area contributed by atoms with Crippen LogP contribution in [0.4, 0.5) is 23.0 Å². The number of primary amides is 2. The van der Waals surface area contributed by atoms with Gasteiger partial charge < -0.3 is 59.8 Å². The van der Waals surface area contributed by atoms with Crippen LogP contribution in [0.25, 0.3) is 32.1 Å². The average Bonchev–Trinajstić information content (AvgIpc) is 4.11. The molecule has 1 saturated heterocycles. The first-order valence-corrected chi connectivity index (χ1v) is 23.7. The van der Waals surface area contributed by atoms with Gasteiger partial charge in [0.1, 0.15) is 15.9 Å². The Morgan fingerprint density at radius 2 is 1.04 bits per heavy atom. The number of fused-ring (bicyclic) bond motifs is 2. The van der Waals surface area contributed by atoms with Gasteiger partial charge >= 0.3 is 7.12 Å². The Hall–Kier alpha value is -7.57. The van der Waals surface area contributed by atoms with Crippen molar-refractivity contribution in [1.29, 1.82) is 0 Å². The summed E-state index contributed by atoms with van der Waals surface area (Å²) < 4.78 is 44.0. The van der Waals surface area contributed by atoms with E-state index < -0.39 is 18.9 Å². The fourth-order valence-corrected chi connectivity index (χ4v) is 8.55. The number of aromatic nitrogens is 6. The lowest BCUT2D eigenvalue weighted by Crippen LogP contribution is -2.41. The summed E-state index contributed by atoms with van der Waals surface area (Å²) in [4.78, 5) is 50.3. The first-order chi connectivity index (χ1) is 34.4. The van der Waals surface area contributed by atoms with Gasteiger partial charge in [0.25, 0.3) is 0 Å². The van der Waals surface area contributed by atoms with Gasteiger partial charge in [0.15, 0.2) is 45.3 Å². The number of amides is 2. The van der Waals surface area contributed by atoms with Crippen molar-refractivity contribution in [2.24, 2.45) is 11.5 Å². The average molecular weight is 1040 g/mol. The van der Waals surface area contributed by atoms with Crippen LogP contribution >= 0.6 is 34.3 Å². The Labute approximate surface area is 427 Å². The molecule has 1 aliphatic heterocycles. The minimum absolute atomic E-state index is 0.150. The standard InChI is InChI=1S/C21H19N5O4S.C14H13ClN4O3S.C13H18BNO3/c1-28-14-8-13(9-15(29-2)17(14)30-3)24-20-16-21(31-10-23-16)26-19(25-20)12-6-4-5-11(7-12)18(22)27;1-20-8-4-7(5-9(21-2)11(8)22-3)17-12-10-13(23-6-16-10)19-14(15)18-12;1-12(2)13(3,4)18-14(17-12)10-7-5-6-9(8-10)11(15)16/h4-10H,1-3H3,(H2,22,27)(H,24,25,26);4-6H,1-3H3,(H,17,18,19);5-8H,1-4H3,(H2,15,16). The maximum atomic E-state index is 11.6. The summed E-state index contributed by atoms with van der Waals surface area (Å²) in [5, 5.41) is 6.58. The van der Waals surface area contributed by atoms with Gasteiger partial charge in [0.05, 0.1) is 64.9 Å². The molecule has 374 valence electrons. The second-order valence-electron chi connectivity index (χ2n) is 16.4. The molecule has 0 aliphatic carbocycles. The van der Waals surface area contributed by atoms with Crippen LogP contribution in [0.5, 0.6) is 34.5 Å². The van der Waals surface area contributed by atoms with Crippen LogP contribution in [-0.2, 0) is 9.31 Å². The molecule has 4 aromatic carbocycles. The van der Waals surface area contributed by atoms with Gasteiger partial charge in [-0.2, -0.15) is 4.98 Å². The number of halogens is 1. The van der Waals surface area contributed by atoms with Gasteiger partial charge in [-0.1, -0.05) is 24.3 Å². The number of hydrogen-bond donors (Lipinski definition) is 4. The maximum Gasteiger partial charge on any atom is 0.494 e. The molecule has 9 rings (SSSR count). The predicted octanol–water partition coefficient (Wildman–Crippen LogP) is 8.22. The van der Waals surface area contributed by atoms with Crippen molar-refractivity contribution in [2.75, 3.05) is 53.3 Å². The molecule has 2 amide bonds. The zero-order chi connectivity index (χ0) is 51.9. The fraction of sp³-hybridized carbons (Fsp3) is 0.250. The number of carbonyl (C=O) groups is 2. The van der Waals surface area contributed by atoms with E-state index in [0.29, 0.717) is 101 Å². The second-order valence-corrected chi connectivity index (χ2v) is 18.4. The van der Waals surface area contributed by atoms with Crippen LogP contribution < -0.4 is 56.0 Å². The molecule has 0 unspecified atom stereocenters. The van der Waals surface area contributed by atoms with Gasteiger partial charge in [-0.25, -0.2) is 24.9 Å². The van der Waals surface area contributed by atoms with E-state index in [1.807, 2.05) is 39.8 Å². The summed E-state index contributed by atoms with van der Waals surface area (Å²) in [6.07, 6.45) is 0. The Kier molecular flexibility index (Phi) is 16.1. The predicted molar refractivity (Wildman–Crippen MR) is 279 cm³/mol. The minimum atomic E-state index is -0.517. The van der Waals surface area contributed by atoms with Crippen LogP contribution in [0.1, 0.15) is 48.4 Å². The third-order valence-corrected chi connectivity index (χ3v) is 12.9. The highest BCUT2D eigenvalue weighted by Gasteiger charge is 2.51. The van der Waals surface area contributed by atoms with Crippen molar-refractivity contribution in [3.8, 4) is 45.9 Å². The monoisotopic (exact) mass is 1040 g/mol. The molecule has 0 atom stereocenters. The third kappa shape index (κ3) is 11.5. The number of benzene rings is 4.